The molecule has 1 saturated carbocycles. The van der Waals surface area contributed by atoms with Crippen LogP contribution in [0.2, 0.25) is 5.02 Å². The molecule has 3 aromatic rings. The lowest BCUT2D eigenvalue weighted by molar-refractivity contribution is -0.126. The molecule has 0 bridgehead atoms. The minimum absolute atomic E-state index is 0.0903. The number of carbonyl (C=O) groups excluding carboxylic acids is 3. The second-order valence-electron chi connectivity index (χ2n) is 8.52. The predicted molar refractivity (Wildman–Crippen MR) is 149 cm³/mol. The zero-order valence-electron chi connectivity index (χ0n) is 19.5. The number of amides is 3. The summed E-state index contributed by atoms with van der Waals surface area (Å²) in [6, 6.07) is 9.49. The van der Waals surface area contributed by atoms with Gasteiger partial charge in [-0.25, -0.2) is 13.2 Å². The average molecular weight is 733 g/mol. The van der Waals surface area contributed by atoms with E-state index < -0.39 is 69.1 Å². The topological polar surface area (TPSA) is 87.3 Å². The molecule has 0 aromatic heterocycles. The van der Waals surface area contributed by atoms with E-state index in [1.807, 2.05) is 0 Å². The first-order chi connectivity index (χ1) is 18.7. The van der Waals surface area contributed by atoms with Gasteiger partial charge in [0.1, 0.15) is 21.7 Å². The Kier molecular flexibility index (Phi) is 8.83. The summed E-state index contributed by atoms with van der Waals surface area (Å²) < 4.78 is 66.2. The fraction of sp³-hybridized carbons (Fsp3) is 0.160. The molecule has 0 unspecified atom stereocenters. The van der Waals surface area contributed by atoms with Crippen molar-refractivity contribution in [2.75, 3.05) is 16.0 Å². The van der Waals surface area contributed by atoms with Crippen molar-refractivity contribution in [3.05, 3.63) is 85.7 Å². The quantitative estimate of drug-likeness (QED) is 0.135. The third-order valence-corrected chi connectivity index (χ3v) is 8.00. The minimum Gasteiger partial charge on any atom is -0.326 e. The lowest BCUT2D eigenvalue weighted by Crippen LogP contribution is -2.22. The normalized spacial score (nSPS) is 17.4. The SMILES string of the molecule is O=C(Nc1ccc(F)c(NC(=O)C(F)F)c1F)c1cc(NC(=O)[C@H]2[C@H](c3ccc(F)c(I)c3)C2(Cl)Cl)ccc1Cl. The molecule has 0 aliphatic heterocycles. The molecule has 3 aromatic carbocycles. The van der Waals surface area contributed by atoms with Crippen LogP contribution in [0.5, 0.6) is 0 Å². The number of alkyl halides is 4. The third-order valence-electron chi connectivity index (χ3n) is 5.90. The summed E-state index contributed by atoms with van der Waals surface area (Å²) in [6.45, 7) is 0. The number of halogens is 9. The van der Waals surface area contributed by atoms with E-state index in [2.05, 4.69) is 10.6 Å². The van der Waals surface area contributed by atoms with E-state index in [1.165, 1.54) is 41.7 Å². The standard InChI is InChI=1S/C25H14Cl3F5IN3O3/c26-12-3-2-10(35-23(39)18-17(25(18,27)28)9-1-4-13(29)15(34)7-9)8-11(12)22(38)36-16-6-5-14(30)20(19(16)31)37-24(40)21(32)33/h1-8,17-18,21H,(H,35,39)(H,36,38)(H,37,40)/t17-,18+/m0/s1. The van der Waals surface area contributed by atoms with Gasteiger partial charge in [-0.05, 0) is 70.6 Å². The van der Waals surface area contributed by atoms with Crippen LogP contribution in [-0.2, 0) is 9.59 Å². The van der Waals surface area contributed by atoms with Crippen LogP contribution in [-0.4, -0.2) is 28.5 Å². The first-order valence-electron chi connectivity index (χ1n) is 11.0. The molecule has 0 heterocycles. The first-order valence-corrected chi connectivity index (χ1v) is 13.2. The van der Waals surface area contributed by atoms with Crippen molar-refractivity contribution in [1.29, 1.82) is 0 Å². The largest absolute Gasteiger partial charge is 0.326 e. The number of carbonyl (C=O) groups is 3. The van der Waals surface area contributed by atoms with Crippen molar-refractivity contribution in [3.63, 3.8) is 0 Å². The third kappa shape index (κ3) is 6.14. The number of anilines is 3. The number of rotatable bonds is 7. The van der Waals surface area contributed by atoms with Crippen LogP contribution in [0, 0.1) is 26.9 Å². The van der Waals surface area contributed by atoms with Crippen molar-refractivity contribution in [2.24, 2.45) is 5.92 Å². The van der Waals surface area contributed by atoms with Gasteiger partial charge < -0.3 is 16.0 Å². The molecule has 1 fully saturated rings. The number of hydrogen-bond donors (Lipinski definition) is 3. The molecule has 0 radical (unpaired) electrons. The van der Waals surface area contributed by atoms with E-state index in [9.17, 15) is 36.3 Å². The predicted octanol–water partition coefficient (Wildman–Crippen LogP) is 7.34. The van der Waals surface area contributed by atoms with E-state index >= 15 is 0 Å². The van der Waals surface area contributed by atoms with E-state index in [1.54, 1.807) is 22.6 Å². The lowest BCUT2D eigenvalue weighted by Gasteiger charge is -2.13. The van der Waals surface area contributed by atoms with Crippen molar-refractivity contribution in [1.82, 2.24) is 0 Å². The highest BCUT2D eigenvalue weighted by atomic mass is 127. The smallest absolute Gasteiger partial charge is 0.315 e. The van der Waals surface area contributed by atoms with E-state index in [0.717, 1.165) is 6.07 Å². The molecule has 210 valence electrons. The van der Waals surface area contributed by atoms with Gasteiger partial charge in [0.05, 0.1) is 22.2 Å². The van der Waals surface area contributed by atoms with Crippen molar-refractivity contribution < 1.29 is 36.3 Å². The molecule has 3 N–H and O–H groups in total. The summed E-state index contributed by atoms with van der Waals surface area (Å²) in [5.74, 6) is -8.42. The fourth-order valence-electron chi connectivity index (χ4n) is 3.90. The maximum absolute atomic E-state index is 14.7. The van der Waals surface area contributed by atoms with Gasteiger partial charge in [0.2, 0.25) is 5.91 Å². The van der Waals surface area contributed by atoms with Crippen LogP contribution in [0.3, 0.4) is 0 Å². The summed E-state index contributed by atoms with van der Waals surface area (Å²) in [6.07, 6.45) is -3.54. The van der Waals surface area contributed by atoms with Gasteiger partial charge in [-0.2, -0.15) is 8.78 Å². The van der Waals surface area contributed by atoms with Gasteiger partial charge in [0.15, 0.2) is 5.82 Å². The highest BCUT2D eigenvalue weighted by Gasteiger charge is 2.67. The Balaban J connectivity index is 1.51. The van der Waals surface area contributed by atoms with Gasteiger partial charge in [-0.3, -0.25) is 14.4 Å². The van der Waals surface area contributed by atoms with E-state index in [-0.39, 0.29) is 16.3 Å². The highest BCUT2D eigenvalue weighted by molar-refractivity contribution is 14.1. The second-order valence-corrected chi connectivity index (χ2v) is 11.5. The average Bonchev–Trinajstić information content (AvgIpc) is 3.47. The summed E-state index contributed by atoms with van der Waals surface area (Å²) >= 11 is 20.6. The molecule has 0 spiro atoms. The summed E-state index contributed by atoms with van der Waals surface area (Å²) in [7, 11) is 0. The van der Waals surface area contributed by atoms with Crippen molar-refractivity contribution in [2.45, 2.75) is 16.7 Å². The maximum atomic E-state index is 14.7. The highest BCUT2D eigenvalue weighted by Crippen LogP contribution is 2.65. The molecule has 15 heteroatoms. The second kappa shape index (κ2) is 11.7. The molecule has 6 nitrogen and oxygen atoms in total. The van der Waals surface area contributed by atoms with Gasteiger partial charge >= 0.3 is 6.43 Å². The zero-order chi connectivity index (χ0) is 29.5. The van der Waals surface area contributed by atoms with Gasteiger partial charge in [-0.1, -0.05) is 17.7 Å². The summed E-state index contributed by atoms with van der Waals surface area (Å²) in [5.41, 5.74) is -1.43. The van der Waals surface area contributed by atoms with Crippen LogP contribution in [0.1, 0.15) is 21.8 Å². The zero-order valence-corrected chi connectivity index (χ0v) is 23.9. The summed E-state index contributed by atoms with van der Waals surface area (Å²) in [5, 5.41) is 5.98. The summed E-state index contributed by atoms with van der Waals surface area (Å²) in [4.78, 5) is 37.0. The van der Waals surface area contributed by atoms with Gasteiger partial charge in [-0.15, -0.1) is 23.2 Å². The number of nitrogens with one attached hydrogen (secondary N) is 3. The van der Waals surface area contributed by atoms with Crippen molar-refractivity contribution >= 4 is 92.2 Å². The van der Waals surface area contributed by atoms with Gasteiger partial charge in [0.25, 0.3) is 11.8 Å². The van der Waals surface area contributed by atoms with Crippen LogP contribution in [0.15, 0.2) is 48.5 Å². The van der Waals surface area contributed by atoms with E-state index in [0.29, 0.717) is 15.2 Å². The van der Waals surface area contributed by atoms with E-state index in [4.69, 9.17) is 34.8 Å². The Bertz CT molecular complexity index is 1540. The Morgan fingerprint density at radius 3 is 2.23 bits per heavy atom. The number of hydrogen-bond acceptors (Lipinski definition) is 3. The van der Waals surface area contributed by atoms with Crippen molar-refractivity contribution in [3.8, 4) is 0 Å². The maximum Gasteiger partial charge on any atom is 0.315 e. The molecule has 40 heavy (non-hydrogen) atoms. The molecular weight excluding hydrogens is 719 g/mol. The molecule has 2 atom stereocenters. The van der Waals surface area contributed by atoms with Crippen LogP contribution < -0.4 is 16.0 Å². The fourth-order valence-corrected chi connectivity index (χ4v) is 5.47. The Labute approximate surface area is 251 Å². The lowest BCUT2D eigenvalue weighted by atomic mass is 10.1. The minimum atomic E-state index is -3.54. The molecule has 4 rings (SSSR count). The van der Waals surface area contributed by atoms with Crippen LogP contribution in [0.25, 0.3) is 0 Å². The number of benzene rings is 3. The van der Waals surface area contributed by atoms with Crippen LogP contribution >= 0.6 is 57.4 Å². The molecule has 1 aliphatic rings. The van der Waals surface area contributed by atoms with Gasteiger partial charge in [0, 0.05) is 15.2 Å². The Morgan fingerprint density at radius 2 is 1.57 bits per heavy atom. The monoisotopic (exact) mass is 731 g/mol. The molecule has 0 saturated heterocycles. The van der Waals surface area contributed by atoms with Crippen LogP contribution in [0.4, 0.5) is 39.0 Å². The molecule has 3 amide bonds. The molecule has 1 aliphatic carbocycles. The molecular formula is C25H14Cl3F5IN3O3. The Morgan fingerprint density at radius 1 is 0.900 bits per heavy atom. The Hall–Kier alpha value is -2.68. The first kappa shape index (κ1) is 30.3.